The Kier molecular flexibility index (Phi) is 2.95. The number of carboxylic acid groups (broad SMARTS) is 1. The van der Waals surface area contributed by atoms with Crippen molar-refractivity contribution < 1.29 is 9.90 Å². The second-order valence-electron chi connectivity index (χ2n) is 4.38. The van der Waals surface area contributed by atoms with Crippen molar-refractivity contribution in [3.8, 4) is 0 Å². The van der Waals surface area contributed by atoms with E-state index >= 15 is 0 Å². The fraction of sp³-hybridized carbons (Fsp3) is 0.417. The van der Waals surface area contributed by atoms with E-state index < -0.39 is 5.97 Å². The summed E-state index contributed by atoms with van der Waals surface area (Å²) in [4.78, 5) is 11.1. The molecule has 1 fully saturated rings. The summed E-state index contributed by atoms with van der Waals surface area (Å²) in [5.41, 5.74) is 0.637. The van der Waals surface area contributed by atoms with Gasteiger partial charge in [-0.2, -0.15) is 11.8 Å². The van der Waals surface area contributed by atoms with E-state index in [1.54, 1.807) is 16.5 Å². The van der Waals surface area contributed by atoms with Crippen molar-refractivity contribution in [2.75, 3.05) is 5.75 Å². The molecule has 1 unspecified atom stereocenters. The van der Waals surface area contributed by atoms with E-state index in [2.05, 4.69) is 10.2 Å². The summed E-state index contributed by atoms with van der Waals surface area (Å²) in [6, 6.07) is 3.28. The Labute approximate surface area is 108 Å². The van der Waals surface area contributed by atoms with E-state index in [0.29, 0.717) is 10.9 Å². The summed E-state index contributed by atoms with van der Waals surface area (Å²) < 4.78 is 1.79. The van der Waals surface area contributed by atoms with Crippen molar-refractivity contribution in [3.05, 3.63) is 29.7 Å². The number of fused-ring (bicyclic) bond motifs is 1. The lowest BCUT2D eigenvalue weighted by molar-refractivity contribution is 0.0698. The van der Waals surface area contributed by atoms with Crippen molar-refractivity contribution in [3.63, 3.8) is 0 Å². The molecule has 0 saturated carbocycles. The molecular formula is C12H13N3O2S. The molecule has 0 amide bonds. The molecular weight excluding hydrogens is 250 g/mol. The summed E-state index contributed by atoms with van der Waals surface area (Å²) in [6.07, 6.45) is 5.15. The number of hydrogen-bond acceptors (Lipinski definition) is 4. The van der Waals surface area contributed by atoms with E-state index in [1.807, 2.05) is 18.0 Å². The molecule has 1 saturated heterocycles. The number of carboxylic acids is 1. The highest BCUT2D eigenvalue weighted by Gasteiger charge is 2.20. The second-order valence-corrected chi connectivity index (χ2v) is 5.78. The smallest absolute Gasteiger partial charge is 0.339 e. The van der Waals surface area contributed by atoms with E-state index in [4.69, 9.17) is 5.11 Å². The SMILES string of the molecule is O=C(O)c1cccn2c(CC3CCCS3)nnc12. The predicted octanol–water partition coefficient (Wildman–Crippen LogP) is 1.87. The predicted molar refractivity (Wildman–Crippen MR) is 69.1 cm³/mol. The minimum atomic E-state index is -0.963. The molecule has 0 radical (unpaired) electrons. The Morgan fingerprint density at radius 3 is 3.17 bits per heavy atom. The van der Waals surface area contributed by atoms with Crippen LogP contribution in [0.1, 0.15) is 29.0 Å². The minimum absolute atomic E-state index is 0.204. The van der Waals surface area contributed by atoms with Gasteiger partial charge in [0.15, 0.2) is 5.65 Å². The van der Waals surface area contributed by atoms with Gasteiger partial charge in [0.25, 0.3) is 0 Å². The van der Waals surface area contributed by atoms with Crippen LogP contribution in [0.15, 0.2) is 18.3 Å². The zero-order chi connectivity index (χ0) is 12.5. The molecule has 3 heterocycles. The Morgan fingerprint density at radius 1 is 1.56 bits per heavy atom. The first kappa shape index (κ1) is 11.5. The molecule has 0 aromatic carbocycles. The van der Waals surface area contributed by atoms with Crippen LogP contribution in [-0.4, -0.2) is 36.7 Å². The van der Waals surface area contributed by atoms with Gasteiger partial charge in [0.05, 0.1) is 0 Å². The van der Waals surface area contributed by atoms with Crippen LogP contribution in [-0.2, 0) is 6.42 Å². The maximum Gasteiger partial charge on any atom is 0.339 e. The van der Waals surface area contributed by atoms with Gasteiger partial charge >= 0.3 is 5.97 Å². The molecule has 0 bridgehead atoms. The van der Waals surface area contributed by atoms with Crippen LogP contribution in [0.3, 0.4) is 0 Å². The van der Waals surface area contributed by atoms with E-state index in [-0.39, 0.29) is 5.56 Å². The van der Waals surface area contributed by atoms with E-state index in [9.17, 15) is 4.79 Å². The quantitative estimate of drug-likeness (QED) is 0.915. The van der Waals surface area contributed by atoms with Crippen LogP contribution in [0.2, 0.25) is 0 Å². The molecule has 1 atom stereocenters. The number of rotatable bonds is 3. The molecule has 18 heavy (non-hydrogen) atoms. The lowest BCUT2D eigenvalue weighted by Crippen LogP contribution is -2.07. The molecule has 0 spiro atoms. The van der Waals surface area contributed by atoms with Gasteiger partial charge in [-0.25, -0.2) is 4.79 Å². The lowest BCUT2D eigenvalue weighted by atomic mass is 10.2. The van der Waals surface area contributed by atoms with Gasteiger partial charge in [-0.3, -0.25) is 4.40 Å². The molecule has 0 aliphatic carbocycles. The van der Waals surface area contributed by atoms with Crippen LogP contribution >= 0.6 is 11.8 Å². The average Bonchev–Trinajstić information content (AvgIpc) is 2.99. The standard InChI is InChI=1S/C12H13N3O2S/c16-12(17)9-4-1-5-15-10(13-14-11(9)15)7-8-3-2-6-18-8/h1,4-5,8H,2-3,6-7H2,(H,16,17). The van der Waals surface area contributed by atoms with Gasteiger partial charge in [-0.1, -0.05) is 0 Å². The van der Waals surface area contributed by atoms with Crippen LogP contribution in [0.5, 0.6) is 0 Å². The largest absolute Gasteiger partial charge is 0.478 e. The van der Waals surface area contributed by atoms with Crippen molar-refractivity contribution in [2.45, 2.75) is 24.5 Å². The van der Waals surface area contributed by atoms with E-state index in [0.717, 1.165) is 12.2 Å². The first-order chi connectivity index (χ1) is 8.75. The van der Waals surface area contributed by atoms with Gasteiger partial charge in [0.1, 0.15) is 11.4 Å². The third-order valence-electron chi connectivity index (χ3n) is 3.17. The van der Waals surface area contributed by atoms with Crippen molar-refractivity contribution >= 4 is 23.4 Å². The summed E-state index contributed by atoms with van der Waals surface area (Å²) in [7, 11) is 0. The van der Waals surface area contributed by atoms with Crippen molar-refractivity contribution in [1.82, 2.24) is 14.6 Å². The number of hydrogen-bond donors (Lipinski definition) is 1. The Morgan fingerprint density at radius 2 is 2.44 bits per heavy atom. The molecule has 3 rings (SSSR count). The van der Waals surface area contributed by atoms with Crippen LogP contribution < -0.4 is 0 Å². The third kappa shape index (κ3) is 1.96. The summed E-state index contributed by atoms with van der Waals surface area (Å²) >= 11 is 1.96. The average molecular weight is 263 g/mol. The first-order valence-electron chi connectivity index (χ1n) is 5.93. The van der Waals surface area contributed by atoms with Gasteiger partial charge in [0.2, 0.25) is 0 Å². The van der Waals surface area contributed by atoms with Gasteiger partial charge in [0, 0.05) is 17.9 Å². The normalized spacial score (nSPS) is 19.4. The topological polar surface area (TPSA) is 67.5 Å². The molecule has 6 heteroatoms. The number of aromatic carboxylic acids is 1. The Bertz CT molecular complexity index is 590. The maximum absolute atomic E-state index is 11.1. The number of carbonyl (C=O) groups is 1. The van der Waals surface area contributed by atoms with Gasteiger partial charge in [-0.05, 0) is 30.7 Å². The van der Waals surface area contributed by atoms with Crippen LogP contribution in [0.4, 0.5) is 0 Å². The van der Waals surface area contributed by atoms with Crippen molar-refractivity contribution in [2.24, 2.45) is 0 Å². The zero-order valence-electron chi connectivity index (χ0n) is 9.74. The molecule has 1 aliphatic rings. The first-order valence-corrected chi connectivity index (χ1v) is 6.98. The fourth-order valence-electron chi connectivity index (χ4n) is 2.28. The van der Waals surface area contributed by atoms with Gasteiger partial charge in [-0.15, -0.1) is 10.2 Å². The number of thioether (sulfide) groups is 1. The fourth-order valence-corrected chi connectivity index (χ4v) is 3.55. The second kappa shape index (κ2) is 4.61. The summed E-state index contributed by atoms with van der Waals surface area (Å²) in [5, 5.41) is 17.8. The minimum Gasteiger partial charge on any atom is -0.478 e. The Hall–Kier alpha value is -1.56. The number of aromatic nitrogens is 3. The zero-order valence-corrected chi connectivity index (χ0v) is 10.6. The highest BCUT2D eigenvalue weighted by Crippen LogP contribution is 2.28. The van der Waals surface area contributed by atoms with Crippen molar-refractivity contribution in [1.29, 1.82) is 0 Å². The number of nitrogens with zero attached hydrogens (tertiary/aromatic N) is 3. The maximum atomic E-state index is 11.1. The van der Waals surface area contributed by atoms with Crippen LogP contribution in [0.25, 0.3) is 5.65 Å². The number of pyridine rings is 1. The lowest BCUT2D eigenvalue weighted by Gasteiger charge is -2.06. The molecule has 2 aromatic rings. The van der Waals surface area contributed by atoms with Crippen LogP contribution in [0, 0.1) is 0 Å². The molecule has 2 aromatic heterocycles. The Balaban J connectivity index is 1.98. The summed E-state index contributed by atoms with van der Waals surface area (Å²) in [6.45, 7) is 0. The molecule has 1 aliphatic heterocycles. The van der Waals surface area contributed by atoms with Gasteiger partial charge < -0.3 is 5.11 Å². The highest BCUT2D eigenvalue weighted by molar-refractivity contribution is 8.00. The molecule has 5 nitrogen and oxygen atoms in total. The summed E-state index contributed by atoms with van der Waals surface area (Å²) in [5.74, 6) is 1.10. The highest BCUT2D eigenvalue weighted by atomic mass is 32.2. The third-order valence-corrected chi connectivity index (χ3v) is 4.57. The molecule has 1 N–H and O–H groups in total. The van der Waals surface area contributed by atoms with E-state index in [1.165, 1.54) is 18.6 Å². The molecule has 94 valence electrons. The monoisotopic (exact) mass is 263 g/mol.